The number of amides is 1. The minimum absolute atomic E-state index is 0.0532. The van der Waals surface area contributed by atoms with Gasteiger partial charge in [-0.25, -0.2) is 0 Å². The number of carbonyl (C=O) groups excluding carboxylic acids is 1. The molecule has 1 fully saturated rings. The lowest BCUT2D eigenvalue weighted by Gasteiger charge is -2.39. The molecule has 1 saturated heterocycles. The fourth-order valence-corrected chi connectivity index (χ4v) is 2.48. The highest BCUT2D eigenvalue weighted by Gasteiger charge is 2.39. The van der Waals surface area contributed by atoms with Crippen LogP contribution in [0.4, 0.5) is 0 Å². The van der Waals surface area contributed by atoms with E-state index in [9.17, 15) is 4.79 Å². The van der Waals surface area contributed by atoms with Gasteiger partial charge in [-0.15, -0.1) is 0 Å². The van der Waals surface area contributed by atoms with Gasteiger partial charge in [-0.2, -0.15) is 0 Å². The highest BCUT2D eigenvalue weighted by atomic mass is 16.3. The maximum absolute atomic E-state index is 12.5. The smallest absolute Gasteiger partial charge is 0.228 e. The third-order valence-electron chi connectivity index (χ3n) is 3.73. The van der Waals surface area contributed by atoms with Crippen LogP contribution in [0.1, 0.15) is 33.1 Å². The van der Waals surface area contributed by atoms with Gasteiger partial charge in [0.2, 0.25) is 5.91 Å². The van der Waals surface area contributed by atoms with E-state index in [0.29, 0.717) is 13.1 Å². The largest absolute Gasteiger partial charge is 0.395 e. The topological polar surface area (TPSA) is 52.6 Å². The summed E-state index contributed by atoms with van der Waals surface area (Å²) >= 11 is 0. The third kappa shape index (κ3) is 2.74. The normalized spacial score (nSPS) is 19.4. The Morgan fingerprint density at radius 2 is 2.00 bits per heavy atom. The summed E-state index contributed by atoms with van der Waals surface area (Å²) < 4.78 is 0. The summed E-state index contributed by atoms with van der Waals surface area (Å²) in [6.07, 6.45) is 2.74. The first-order valence-electron chi connectivity index (χ1n) is 6.31. The van der Waals surface area contributed by atoms with Crippen LogP contribution >= 0.6 is 0 Å². The average molecular weight is 228 g/mol. The Morgan fingerprint density at radius 3 is 2.44 bits per heavy atom. The zero-order valence-electron chi connectivity index (χ0n) is 10.5. The highest BCUT2D eigenvalue weighted by molar-refractivity contribution is 5.82. The quantitative estimate of drug-likeness (QED) is 0.725. The van der Waals surface area contributed by atoms with Gasteiger partial charge in [0.1, 0.15) is 0 Å². The van der Waals surface area contributed by atoms with Gasteiger partial charge < -0.3 is 15.3 Å². The molecule has 0 saturated carbocycles. The summed E-state index contributed by atoms with van der Waals surface area (Å²) in [6.45, 7) is 7.12. The molecule has 4 heteroatoms. The molecule has 0 aromatic heterocycles. The first-order chi connectivity index (χ1) is 7.70. The lowest BCUT2D eigenvalue weighted by Crippen LogP contribution is -2.49. The zero-order valence-corrected chi connectivity index (χ0v) is 10.5. The van der Waals surface area contributed by atoms with Crippen molar-refractivity contribution in [2.75, 3.05) is 32.8 Å². The third-order valence-corrected chi connectivity index (χ3v) is 3.73. The Morgan fingerprint density at radius 1 is 1.38 bits per heavy atom. The van der Waals surface area contributed by atoms with Crippen molar-refractivity contribution in [3.8, 4) is 0 Å². The van der Waals surface area contributed by atoms with E-state index in [2.05, 4.69) is 12.2 Å². The second kappa shape index (κ2) is 6.21. The molecule has 1 aliphatic rings. The Balaban J connectivity index is 2.73. The summed E-state index contributed by atoms with van der Waals surface area (Å²) in [5.41, 5.74) is -0.184. The standard InChI is InChI=1S/C12H24N2O2/c1-3-12(5-7-13-8-6-12)11(16)14(4-2)9-10-15/h13,15H,3-10H2,1-2H3. The summed E-state index contributed by atoms with van der Waals surface area (Å²) in [5, 5.41) is 12.3. The fourth-order valence-electron chi connectivity index (χ4n) is 2.48. The molecule has 0 aromatic rings. The molecule has 0 aliphatic carbocycles. The van der Waals surface area contributed by atoms with Crippen molar-refractivity contribution in [1.82, 2.24) is 10.2 Å². The zero-order chi connectivity index (χ0) is 12.0. The molecular weight excluding hydrogens is 204 g/mol. The summed E-state index contributed by atoms with van der Waals surface area (Å²) in [7, 11) is 0. The van der Waals surface area contributed by atoms with E-state index in [-0.39, 0.29) is 17.9 Å². The molecule has 1 aliphatic heterocycles. The molecular formula is C12H24N2O2. The van der Waals surface area contributed by atoms with Crippen LogP contribution in [0, 0.1) is 5.41 Å². The molecule has 2 N–H and O–H groups in total. The van der Waals surface area contributed by atoms with Crippen molar-refractivity contribution in [2.24, 2.45) is 5.41 Å². The molecule has 0 bridgehead atoms. The van der Waals surface area contributed by atoms with Gasteiger partial charge in [-0.05, 0) is 39.3 Å². The minimum Gasteiger partial charge on any atom is -0.395 e. The van der Waals surface area contributed by atoms with E-state index >= 15 is 0 Å². The van der Waals surface area contributed by atoms with Crippen LogP contribution in [0.5, 0.6) is 0 Å². The number of aliphatic hydroxyl groups excluding tert-OH is 1. The van der Waals surface area contributed by atoms with Crippen molar-refractivity contribution < 1.29 is 9.90 Å². The molecule has 0 atom stereocenters. The molecule has 0 aromatic carbocycles. The number of likely N-dealkylation sites (N-methyl/N-ethyl adjacent to an activating group) is 1. The molecule has 0 radical (unpaired) electrons. The van der Waals surface area contributed by atoms with Crippen LogP contribution in [0.25, 0.3) is 0 Å². The van der Waals surface area contributed by atoms with Crippen LogP contribution in [-0.4, -0.2) is 48.7 Å². The van der Waals surface area contributed by atoms with E-state index in [0.717, 1.165) is 32.4 Å². The number of nitrogens with zero attached hydrogens (tertiary/aromatic N) is 1. The van der Waals surface area contributed by atoms with Gasteiger partial charge in [0.05, 0.1) is 12.0 Å². The molecule has 94 valence electrons. The van der Waals surface area contributed by atoms with Gasteiger partial charge >= 0.3 is 0 Å². The van der Waals surface area contributed by atoms with Gasteiger partial charge in [-0.3, -0.25) is 4.79 Å². The van der Waals surface area contributed by atoms with Gasteiger partial charge in [-0.1, -0.05) is 6.92 Å². The Bertz CT molecular complexity index is 225. The van der Waals surface area contributed by atoms with Crippen molar-refractivity contribution in [2.45, 2.75) is 33.1 Å². The predicted molar refractivity (Wildman–Crippen MR) is 64.2 cm³/mol. The number of hydrogen-bond acceptors (Lipinski definition) is 3. The highest BCUT2D eigenvalue weighted by Crippen LogP contribution is 2.34. The Labute approximate surface area is 98.0 Å². The lowest BCUT2D eigenvalue weighted by molar-refractivity contribution is -0.144. The molecule has 0 unspecified atom stereocenters. The minimum atomic E-state index is -0.184. The van der Waals surface area contributed by atoms with Crippen molar-refractivity contribution in [3.05, 3.63) is 0 Å². The summed E-state index contributed by atoms with van der Waals surface area (Å²) in [4.78, 5) is 14.2. The van der Waals surface area contributed by atoms with E-state index in [1.165, 1.54) is 0 Å². The van der Waals surface area contributed by atoms with E-state index < -0.39 is 0 Å². The molecule has 16 heavy (non-hydrogen) atoms. The number of hydrogen-bond donors (Lipinski definition) is 2. The second-order valence-electron chi connectivity index (χ2n) is 4.49. The van der Waals surface area contributed by atoms with Gasteiger partial charge in [0.15, 0.2) is 0 Å². The molecule has 1 amide bonds. The maximum Gasteiger partial charge on any atom is 0.228 e. The van der Waals surface area contributed by atoms with Crippen LogP contribution < -0.4 is 5.32 Å². The average Bonchev–Trinajstić information content (AvgIpc) is 2.36. The Kier molecular flexibility index (Phi) is 5.22. The van der Waals surface area contributed by atoms with Crippen molar-refractivity contribution >= 4 is 5.91 Å². The van der Waals surface area contributed by atoms with Crippen LogP contribution in [0.2, 0.25) is 0 Å². The maximum atomic E-state index is 12.5. The molecule has 1 rings (SSSR count). The summed E-state index contributed by atoms with van der Waals surface area (Å²) in [5.74, 6) is 0.230. The number of nitrogens with one attached hydrogen (secondary N) is 1. The van der Waals surface area contributed by atoms with Crippen molar-refractivity contribution in [3.63, 3.8) is 0 Å². The number of piperidine rings is 1. The van der Waals surface area contributed by atoms with Crippen molar-refractivity contribution in [1.29, 1.82) is 0 Å². The number of carbonyl (C=O) groups is 1. The number of rotatable bonds is 5. The van der Waals surface area contributed by atoms with Gasteiger partial charge in [0, 0.05) is 13.1 Å². The molecule has 4 nitrogen and oxygen atoms in total. The second-order valence-corrected chi connectivity index (χ2v) is 4.49. The predicted octanol–water partition coefficient (Wildman–Crippen LogP) is 0.607. The van der Waals surface area contributed by atoms with Gasteiger partial charge in [0.25, 0.3) is 0 Å². The van der Waals surface area contributed by atoms with E-state index in [4.69, 9.17) is 5.11 Å². The first kappa shape index (κ1) is 13.5. The van der Waals surface area contributed by atoms with Crippen LogP contribution in [0.3, 0.4) is 0 Å². The van der Waals surface area contributed by atoms with E-state index in [1.54, 1.807) is 4.90 Å². The molecule has 1 heterocycles. The Hall–Kier alpha value is -0.610. The van der Waals surface area contributed by atoms with E-state index in [1.807, 2.05) is 6.92 Å². The molecule has 0 spiro atoms. The van der Waals surface area contributed by atoms with Crippen LogP contribution in [0.15, 0.2) is 0 Å². The summed E-state index contributed by atoms with van der Waals surface area (Å²) in [6, 6.07) is 0. The monoisotopic (exact) mass is 228 g/mol. The lowest BCUT2D eigenvalue weighted by atomic mass is 9.75. The first-order valence-corrected chi connectivity index (χ1v) is 6.31. The van der Waals surface area contributed by atoms with Crippen LogP contribution in [-0.2, 0) is 4.79 Å². The fraction of sp³-hybridized carbons (Fsp3) is 0.917. The number of aliphatic hydroxyl groups is 1. The SMILES string of the molecule is CCN(CCO)C(=O)C1(CC)CCNCC1.